The molecule has 4 heteroatoms. The van der Waals surface area contributed by atoms with Gasteiger partial charge in [-0.05, 0) is 61.9 Å². The van der Waals surface area contributed by atoms with E-state index in [9.17, 15) is 0 Å². The van der Waals surface area contributed by atoms with Crippen molar-refractivity contribution in [3.05, 3.63) is 59.7 Å². The maximum atomic E-state index is 4.78. The van der Waals surface area contributed by atoms with Crippen LogP contribution < -0.4 is 0 Å². The van der Waals surface area contributed by atoms with Crippen LogP contribution in [0.3, 0.4) is 0 Å². The number of nitrogens with one attached hydrogen (secondary N) is 1. The van der Waals surface area contributed by atoms with E-state index in [-0.39, 0.29) is 0 Å². The Morgan fingerprint density at radius 2 is 2.08 bits per heavy atom. The molecule has 122 valence electrons. The Labute approximate surface area is 141 Å². The number of aromatic amines is 1. The van der Waals surface area contributed by atoms with Gasteiger partial charge in [0.1, 0.15) is 5.82 Å². The number of H-pyrrole nitrogens is 1. The topological polar surface area (TPSA) is 44.8 Å². The van der Waals surface area contributed by atoms with Gasteiger partial charge >= 0.3 is 0 Å². The van der Waals surface area contributed by atoms with Crippen molar-refractivity contribution in [2.24, 2.45) is 5.92 Å². The fourth-order valence-corrected chi connectivity index (χ4v) is 4.57. The van der Waals surface area contributed by atoms with E-state index in [1.54, 1.807) is 0 Å². The van der Waals surface area contributed by atoms with Crippen LogP contribution in [0.1, 0.15) is 42.4 Å². The SMILES string of the molecule is c1cnc2c(c1)CCC1CCCN(Cc3nc4ccccc4[nH]3)[C@H]21. The zero-order chi connectivity index (χ0) is 15.9. The lowest BCUT2D eigenvalue weighted by Crippen LogP contribution is -2.41. The van der Waals surface area contributed by atoms with E-state index in [0.717, 1.165) is 35.9 Å². The molecule has 2 aromatic heterocycles. The monoisotopic (exact) mass is 318 g/mol. The molecule has 2 atom stereocenters. The van der Waals surface area contributed by atoms with E-state index < -0.39 is 0 Å². The molecule has 1 aliphatic heterocycles. The molecule has 0 spiro atoms. The highest BCUT2D eigenvalue weighted by Gasteiger charge is 2.37. The molecule has 1 fully saturated rings. The lowest BCUT2D eigenvalue weighted by Gasteiger charge is -2.44. The predicted molar refractivity (Wildman–Crippen MR) is 94.5 cm³/mol. The van der Waals surface area contributed by atoms with Crippen molar-refractivity contribution in [1.29, 1.82) is 0 Å². The number of hydrogen-bond acceptors (Lipinski definition) is 3. The first kappa shape index (κ1) is 14.2. The molecule has 1 unspecified atom stereocenters. The minimum Gasteiger partial charge on any atom is -0.341 e. The van der Waals surface area contributed by atoms with Crippen molar-refractivity contribution in [1.82, 2.24) is 19.9 Å². The molecule has 5 rings (SSSR count). The van der Waals surface area contributed by atoms with E-state index in [1.165, 1.54) is 36.9 Å². The molecule has 3 heterocycles. The highest BCUT2D eigenvalue weighted by molar-refractivity contribution is 5.74. The Balaban J connectivity index is 1.48. The van der Waals surface area contributed by atoms with Gasteiger partial charge in [-0.15, -0.1) is 0 Å². The van der Waals surface area contributed by atoms with Gasteiger partial charge in [-0.1, -0.05) is 18.2 Å². The van der Waals surface area contributed by atoms with E-state index in [4.69, 9.17) is 9.97 Å². The summed E-state index contributed by atoms with van der Waals surface area (Å²) in [5.74, 6) is 1.81. The van der Waals surface area contributed by atoms with Crippen molar-refractivity contribution in [2.45, 2.75) is 38.3 Å². The van der Waals surface area contributed by atoms with Gasteiger partial charge < -0.3 is 4.98 Å². The molecule has 4 nitrogen and oxygen atoms in total. The average molecular weight is 318 g/mol. The molecule has 24 heavy (non-hydrogen) atoms. The number of aryl methyl sites for hydroxylation is 1. The normalized spacial score (nSPS) is 23.8. The first-order valence-electron chi connectivity index (χ1n) is 9.00. The maximum Gasteiger partial charge on any atom is 0.121 e. The Morgan fingerprint density at radius 1 is 1.12 bits per heavy atom. The Bertz CT molecular complexity index is 836. The number of piperidine rings is 1. The van der Waals surface area contributed by atoms with E-state index in [0.29, 0.717) is 6.04 Å². The average Bonchev–Trinajstić information content (AvgIpc) is 3.04. The summed E-state index contributed by atoms with van der Waals surface area (Å²) in [6, 6.07) is 13.1. The lowest BCUT2D eigenvalue weighted by molar-refractivity contribution is 0.0676. The van der Waals surface area contributed by atoms with E-state index in [1.807, 2.05) is 12.3 Å². The lowest BCUT2D eigenvalue weighted by atomic mass is 9.77. The molecule has 0 bridgehead atoms. The highest BCUT2D eigenvalue weighted by Crippen LogP contribution is 2.43. The number of hydrogen-bond donors (Lipinski definition) is 1. The minimum atomic E-state index is 0.455. The molecule has 3 aromatic rings. The predicted octanol–water partition coefficient (Wildman–Crippen LogP) is 3.86. The summed E-state index contributed by atoms with van der Waals surface area (Å²) in [4.78, 5) is 15.6. The van der Waals surface area contributed by atoms with Gasteiger partial charge in [0, 0.05) is 6.20 Å². The van der Waals surface area contributed by atoms with Crippen LogP contribution in [-0.2, 0) is 13.0 Å². The first-order valence-corrected chi connectivity index (χ1v) is 9.00. The van der Waals surface area contributed by atoms with Crippen LogP contribution >= 0.6 is 0 Å². The molecular formula is C20H22N4. The van der Waals surface area contributed by atoms with Crippen LogP contribution in [0.4, 0.5) is 0 Å². The van der Waals surface area contributed by atoms with Gasteiger partial charge in [0.2, 0.25) is 0 Å². The van der Waals surface area contributed by atoms with Gasteiger partial charge in [0.25, 0.3) is 0 Å². The third-order valence-electron chi connectivity index (χ3n) is 5.64. The Hall–Kier alpha value is -2.20. The summed E-state index contributed by atoms with van der Waals surface area (Å²) in [5.41, 5.74) is 4.94. The second-order valence-electron chi connectivity index (χ2n) is 7.10. The third-order valence-corrected chi connectivity index (χ3v) is 5.64. The van der Waals surface area contributed by atoms with Crippen molar-refractivity contribution < 1.29 is 0 Å². The van der Waals surface area contributed by atoms with Gasteiger partial charge in [0.15, 0.2) is 0 Å². The molecular weight excluding hydrogens is 296 g/mol. The third kappa shape index (κ3) is 2.33. The Morgan fingerprint density at radius 3 is 3.04 bits per heavy atom. The molecule has 1 aliphatic carbocycles. The van der Waals surface area contributed by atoms with Gasteiger partial charge in [0.05, 0.1) is 29.3 Å². The summed E-state index contributed by atoms with van der Waals surface area (Å²) in [5, 5.41) is 0. The van der Waals surface area contributed by atoms with Crippen LogP contribution in [0.2, 0.25) is 0 Å². The number of para-hydroxylation sites is 2. The zero-order valence-electron chi connectivity index (χ0n) is 13.8. The van der Waals surface area contributed by atoms with Crippen LogP contribution in [-0.4, -0.2) is 26.4 Å². The van der Waals surface area contributed by atoms with Crippen molar-refractivity contribution in [3.8, 4) is 0 Å². The molecule has 0 saturated carbocycles. The molecule has 1 saturated heterocycles. The summed E-state index contributed by atoms with van der Waals surface area (Å²) >= 11 is 0. The maximum absolute atomic E-state index is 4.78. The molecule has 2 aliphatic rings. The highest BCUT2D eigenvalue weighted by atomic mass is 15.2. The van der Waals surface area contributed by atoms with Crippen LogP contribution in [0.25, 0.3) is 11.0 Å². The number of nitrogens with zero attached hydrogens (tertiary/aromatic N) is 3. The van der Waals surface area contributed by atoms with Crippen molar-refractivity contribution in [2.75, 3.05) is 6.54 Å². The van der Waals surface area contributed by atoms with Gasteiger partial charge in [-0.2, -0.15) is 0 Å². The second-order valence-corrected chi connectivity index (χ2v) is 7.10. The van der Waals surface area contributed by atoms with Crippen LogP contribution in [0.5, 0.6) is 0 Å². The van der Waals surface area contributed by atoms with Crippen molar-refractivity contribution in [3.63, 3.8) is 0 Å². The summed E-state index contributed by atoms with van der Waals surface area (Å²) in [7, 11) is 0. The number of aromatic nitrogens is 3. The number of imidazole rings is 1. The number of rotatable bonds is 2. The van der Waals surface area contributed by atoms with Crippen molar-refractivity contribution >= 4 is 11.0 Å². The first-order chi connectivity index (χ1) is 11.9. The molecule has 1 N–H and O–H groups in total. The van der Waals surface area contributed by atoms with E-state index in [2.05, 4.69) is 40.2 Å². The smallest absolute Gasteiger partial charge is 0.121 e. The second kappa shape index (κ2) is 5.71. The van der Waals surface area contributed by atoms with Gasteiger partial charge in [-0.25, -0.2) is 4.98 Å². The fourth-order valence-electron chi connectivity index (χ4n) is 4.57. The zero-order valence-corrected chi connectivity index (χ0v) is 13.8. The summed E-state index contributed by atoms with van der Waals surface area (Å²) < 4.78 is 0. The number of likely N-dealkylation sites (tertiary alicyclic amines) is 1. The molecule has 1 aromatic carbocycles. The number of fused-ring (bicyclic) bond motifs is 4. The van der Waals surface area contributed by atoms with Gasteiger partial charge in [-0.3, -0.25) is 9.88 Å². The van der Waals surface area contributed by atoms with Crippen LogP contribution in [0, 0.1) is 5.92 Å². The molecule has 0 radical (unpaired) electrons. The quantitative estimate of drug-likeness (QED) is 0.780. The largest absolute Gasteiger partial charge is 0.341 e. The minimum absolute atomic E-state index is 0.455. The van der Waals surface area contributed by atoms with E-state index >= 15 is 0 Å². The summed E-state index contributed by atoms with van der Waals surface area (Å²) in [6.07, 6.45) is 7.04. The standard InChI is InChI=1S/C20H22N4/c1-2-8-17-16(7-1)22-18(23-17)13-24-12-4-6-15-10-9-14-5-3-11-21-19(14)20(15)24/h1-3,5,7-8,11,15,20H,4,6,9-10,12-13H2,(H,22,23)/t15?,20-/m0/s1. The fraction of sp³-hybridized carbons (Fsp3) is 0.400. The number of pyridine rings is 1. The Kier molecular flexibility index (Phi) is 3.37. The number of benzene rings is 1. The van der Waals surface area contributed by atoms with Crippen LogP contribution in [0.15, 0.2) is 42.6 Å². The molecule has 0 amide bonds. The summed E-state index contributed by atoms with van der Waals surface area (Å²) in [6.45, 7) is 2.01.